The van der Waals surface area contributed by atoms with Crippen molar-refractivity contribution in [1.29, 1.82) is 0 Å². The van der Waals surface area contributed by atoms with Crippen molar-refractivity contribution in [2.45, 2.75) is 431 Å². The number of nitrogens with one attached hydrogen (secondary N) is 1. The lowest BCUT2D eigenvalue weighted by atomic mass is 10.0. The molecule has 518 valence electrons. The number of amides is 1. The van der Waals surface area contributed by atoms with Crippen molar-refractivity contribution in [3.8, 4) is 0 Å². The highest BCUT2D eigenvalue weighted by molar-refractivity contribution is 7.47. The van der Waals surface area contributed by atoms with Crippen molar-refractivity contribution in [2.75, 3.05) is 40.9 Å². The minimum absolute atomic E-state index is 0.0592. The Labute approximate surface area is 545 Å². The Morgan fingerprint density at radius 2 is 0.632 bits per heavy atom. The summed E-state index contributed by atoms with van der Waals surface area (Å²) in [5.74, 6) is -0.177. The maximum Gasteiger partial charge on any atom is 0.472 e. The molecule has 0 aromatic heterocycles. The fraction of sp³-hybridized carbons (Fsp3) is 0.936. The summed E-state index contributed by atoms with van der Waals surface area (Å²) in [5.41, 5.74) is 0. The van der Waals surface area contributed by atoms with Gasteiger partial charge >= 0.3 is 7.82 Å². The van der Waals surface area contributed by atoms with Crippen LogP contribution in [0.2, 0.25) is 0 Å². The highest BCUT2D eigenvalue weighted by Crippen LogP contribution is 2.43. The lowest BCUT2D eigenvalue weighted by Gasteiger charge is -2.25. The number of hydrogen-bond acceptors (Lipinski definition) is 5. The van der Waals surface area contributed by atoms with Crippen LogP contribution in [-0.4, -0.2) is 73.4 Å². The van der Waals surface area contributed by atoms with Gasteiger partial charge in [0.2, 0.25) is 5.91 Å². The maximum absolute atomic E-state index is 13.1. The van der Waals surface area contributed by atoms with Gasteiger partial charge in [-0.15, -0.1) is 0 Å². The molecule has 0 spiro atoms. The number of allylic oxidation sites excluding steroid dienone is 3. The Hall–Kier alpha value is -1.02. The number of aliphatic hydroxyl groups excluding tert-OH is 1. The van der Waals surface area contributed by atoms with Gasteiger partial charge in [-0.1, -0.05) is 404 Å². The normalized spacial score (nSPS) is 13.6. The number of unbranched alkanes of at least 4 members (excludes halogenated alkanes) is 59. The van der Waals surface area contributed by atoms with Crippen LogP contribution in [-0.2, 0) is 18.4 Å². The van der Waals surface area contributed by atoms with E-state index in [1.165, 1.54) is 360 Å². The molecular formula is C78H156N2O6P+. The largest absolute Gasteiger partial charge is 0.472 e. The summed E-state index contributed by atoms with van der Waals surface area (Å²) >= 11 is 0. The number of hydrogen-bond donors (Lipinski definition) is 3. The Bertz CT molecular complexity index is 1470. The van der Waals surface area contributed by atoms with E-state index in [0.717, 1.165) is 38.5 Å². The van der Waals surface area contributed by atoms with Crippen molar-refractivity contribution in [3.05, 3.63) is 24.3 Å². The third kappa shape index (κ3) is 72.3. The Morgan fingerprint density at radius 3 is 0.920 bits per heavy atom. The Balaban J connectivity index is 3.95. The number of carbonyl (C=O) groups is 1. The highest BCUT2D eigenvalue weighted by Gasteiger charge is 2.28. The van der Waals surface area contributed by atoms with Gasteiger partial charge in [-0.2, -0.15) is 0 Å². The summed E-state index contributed by atoms with van der Waals surface area (Å²) in [6.07, 6.45) is 92.4. The molecule has 0 aliphatic heterocycles. The second-order valence-corrected chi connectivity index (χ2v) is 29.9. The molecule has 0 fully saturated rings. The predicted molar refractivity (Wildman–Crippen MR) is 383 cm³/mol. The van der Waals surface area contributed by atoms with Crippen LogP contribution in [0.15, 0.2) is 24.3 Å². The summed E-state index contributed by atoms with van der Waals surface area (Å²) in [5, 5.41) is 14.0. The summed E-state index contributed by atoms with van der Waals surface area (Å²) in [6.45, 7) is 4.87. The lowest BCUT2D eigenvalue weighted by molar-refractivity contribution is -0.870. The number of likely N-dealkylation sites (N-methyl/N-ethyl adjacent to an activating group) is 1. The summed E-state index contributed by atoms with van der Waals surface area (Å²) in [7, 11) is 1.58. The minimum atomic E-state index is -4.36. The van der Waals surface area contributed by atoms with E-state index in [1.807, 2.05) is 27.2 Å². The number of nitrogens with zero attached hydrogens (tertiary/aromatic N) is 1. The molecule has 9 heteroatoms. The third-order valence-corrected chi connectivity index (χ3v) is 19.4. The second kappa shape index (κ2) is 69.3. The molecule has 0 radical (unpaired) electrons. The average molecular weight is 1250 g/mol. The maximum atomic E-state index is 13.1. The number of rotatable bonds is 74. The topological polar surface area (TPSA) is 105 Å². The Kier molecular flexibility index (Phi) is 68.5. The van der Waals surface area contributed by atoms with Gasteiger partial charge in [0.05, 0.1) is 39.9 Å². The van der Waals surface area contributed by atoms with Crippen LogP contribution in [0.4, 0.5) is 0 Å². The van der Waals surface area contributed by atoms with Crippen molar-refractivity contribution in [3.63, 3.8) is 0 Å². The molecule has 3 atom stereocenters. The standard InChI is InChI=1S/C78H155N2O6P/c1-6-8-10-12-14-16-18-20-22-24-26-28-30-32-34-35-36-37-38-39-40-41-42-43-44-46-48-50-52-54-56-58-60-62-64-66-68-70-72-78(82)79-76(75-86-87(83,84)85-74-73-80(3,4)5)77(81)71-69-67-65-63-61-59-57-55-53-51-49-47-45-33-31-29-27-25-23-21-19-17-15-13-11-9-7-2/h61,63,69,71,76-77,81H,6-60,62,64-68,70,72-75H2,1-5H3,(H-,79,82,83,84)/p+1/b63-61+,71-69+. The average Bonchev–Trinajstić information content (AvgIpc) is 3.71. The molecule has 3 N–H and O–H groups in total. The molecule has 1 amide bonds. The molecule has 0 aliphatic rings. The molecule has 0 bridgehead atoms. The first-order chi connectivity index (χ1) is 42.5. The fourth-order valence-corrected chi connectivity index (χ4v) is 13.1. The van der Waals surface area contributed by atoms with E-state index < -0.39 is 20.0 Å². The zero-order valence-electron chi connectivity index (χ0n) is 59.6. The molecule has 0 aromatic carbocycles. The van der Waals surface area contributed by atoms with Gasteiger partial charge in [-0.05, 0) is 32.1 Å². The van der Waals surface area contributed by atoms with E-state index >= 15 is 0 Å². The van der Waals surface area contributed by atoms with E-state index in [0.29, 0.717) is 17.4 Å². The van der Waals surface area contributed by atoms with Crippen LogP contribution >= 0.6 is 7.82 Å². The van der Waals surface area contributed by atoms with E-state index in [-0.39, 0.29) is 19.1 Å². The van der Waals surface area contributed by atoms with Crippen LogP contribution in [0.5, 0.6) is 0 Å². The first-order valence-electron chi connectivity index (χ1n) is 39.2. The molecule has 87 heavy (non-hydrogen) atoms. The lowest BCUT2D eigenvalue weighted by Crippen LogP contribution is -2.45. The number of quaternary nitrogens is 1. The quantitative estimate of drug-likeness (QED) is 0.0243. The van der Waals surface area contributed by atoms with Crippen LogP contribution in [0.1, 0.15) is 418 Å². The van der Waals surface area contributed by atoms with Crippen LogP contribution in [0, 0.1) is 0 Å². The van der Waals surface area contributed by atoms with Crippen molar-refractivity contribution in [1.82, 2.24) is 5.32 Å². The van der Waals surface area contributed by atoms with Crippen LogP contribution in [0.3, 0.4) is 0 Å². The van der Waals surface area contributed by atoms with Gasteiger partial charge in [-0.25, -0.2) is 4.57 Å². The van der Waals surface area contributed by atoms with Gasteiger partial charge in [0.25, 0.3) is 0 Å². The first-order valence-corrected chi connectivity index (χ1v) is 40.7. The van der Waals surface area contributed by atoms with Gasteiger partial charge in [0, 0.05) is 6.42 Å². The van der Waals surface area contributed by atoms with Crippen molar-refractivity contribution < 1.29 is 32.9 Å². The first kappa shape index (κ1) is 86.0. The molecule has 0 aromatic rings. The smallest absolute Gasteiger partial charge is 0.387 e. The van der Waals surface area contributed by atoms with Crippen LogP contribution < -0.4 is 5.32 Å². The van der Waals surface area contributed by atoms with E-state index in [1.54, 1.807) is 6.08 Å². The summed E-state index contributed by atoms with van der Waals surface area (Å²) < 4.78 is 23.8. The van der Waals surface area contributed by atoms with E-state index in [9.17, 15) is 19.4 Å². The summed E-state index contributed by atoms with van der Waals surface area (Å²) in [4.78, 5) is 23.5. The fourth-order valence-electron chi connectivity index (χ4n) is 12.4. The molecule has 3 unspecified atom stereocenters. The van der Waals surface area contributed by atoms with E-state index in [4.69, 9.17) is 9.05 Å². The molecule has 0 saturated heterocycles. The zero-order chi connectivity index (χ0) is 63.4. The van der Waals surface area contributed by atoms with Gasteiger partial charge in [-0.3, -0.25) is 13.8 Å². The van der Waals surface area contributed by atoms with Gasteiger partial charge < -0.3 is 19.8 Å². The Morgan fingerprint density at radius 1 is 0.379 bits per heavy atom. The van der Waals surface area contributed by atoms with Crippen molar-refractivity contribution in [2.24, 2.45) is 0 Å². The van der Waals surface area contributed by atoms with Gasteiger partial charge in [0.15, 0.2) is 0 Å². The van der Waals surface area contributed by atoms with Crippen molar-refractivity contribution >= 4 is 13.7 Å². The third-order valence-electron chi connectivity index (χ3n) is 18.4. The molecule has 0 rings (SSSR count). The zero-order valence-corrected chi connectivity index (χ0v) is 60.4. The highest BCUT2D eigenvalue weighted by atomic mass is 31.2. The molecular weight excluding hydrogens is 1090 g/mol. The summed E-state index contributed by atoms with van der Waals surface area (Å²) in [6, 6.07) is -0.862. The molecule has 0 aliphatic carbocycles. The number of phosphoric acid groups is 1. The monoisotopic (exact) mass is 1250 g/mol. The molecule has 0 saturated carbocycles. The second-order valence-electron chi connectivity index (χ2n) is 28.4. The predicted octanol–water partition coefficient (Wildman–Crippen LogP) is 25.4. The number of aliphatic hydroxyl groups is 1. The minimum Gasteiger partial charge on any atom is -0.387 e. The molecule has 8 nitrogen and oxygen atoms in total. The molecule has 0 heterocycles. The van der Waals surface area contributed by atoms with E-state index in [2.05, 4.69) is 31.3 Å². The SMILES string of the molecule is CCCCCCCCCCCCCCCCCCCCCCC/C=C/CC/C=C/C(O)C(COP(=O)(O)OCC[N+](C)(C)C)NC(=O)CCCCCCCCCCCCCCCCCCCCCCCCCCCCCCCCCCCCCCCC. The number of carbonyl (C=O) groups excluding carboxylic acids is 1. The number of phosphoric ester groups is 1. The van der Waals surface area contributed by atoms with Gasteiger partial charge in [0.1, 0.15) is 13.2 Å². The van der Waals surface area contributed by atoms with Crippen LogP contribution in [0.25, 0.3) is 0 Å².